The summed E-state index contributed by atoms with van der Waals surface area (Å²) in [4.78, 5) is 5.45. The van der Waals surface area contributed by atoms with E-state index in [9.17, 15) is 0 Å². The van der Waals surface area contributed by atoms with Crippen molar-refractivity contribution in [2.75, 3.05) is 25.6 Å². The molecule has 0 atom stereocenters. The fourth-order valence-electron chi connectivity index (χ4n) is 1.81. The summed E-state index contributed by atoms with van der Waals surface area (Å²) in [7, 11) is 1.72. The fraction of sp³-hybridized carbons (Fsp3) is 0.438. The Kier molecular flexibility index (Phi) is 6.50. The first kappa shape index (κ1) is 15.8. The van der Waals surface area contributed by atoms with Crippen LogP contribution in [0.1, 0.15) is 23.8 Å². The van der Waals surface area contributed by atoms with E-state index in [1.165, 1.54) is 5.56 Å². The van der Waals surface area contributed by atoms with Crippen LogP contribution in [0.4, 0.5) is 5.13 Å². The van der Waals surface area contributed by atoms with Gasteiger partial charge in [0.15, 0.2) is 5.13 Å². The molecule has 0 aliphatic rings. The molecule has 0 saturated carbocycles. The fourth-order valence-corrected chi connectivity index (χ4v) is 2.57. The van der Waals surface area contributed by atoms with Crippen LogP contribution in [0.3, 0.4) is 0 Å². The quantitative estimate of drug-likeness (QED) is 0.766. The normalized spacial score (nSPS) is 10.6. The van der Waals surface area contributed by atoms with E-state index in [0.29, 0.717) is 6.61 Å². The molecule has 114 valence electrons. The zero-order chi connectivity index (χ0) is 14.9. The summed E-state index contributed by atoms with van der Waals surface area (Å²) in [5.74, 6) is 0.882. The molecule has 5 heteroatoms. The number of aromatic nitrogens is 1. The van der Waals surface area contributed by atoms with Crippen LogP contribution in [0.2, 0.25) is 0 Å². The summed E-state index contributed by atoms with van der Waals surface area (Å²) >= 11 is 1.64. The summed E-state index contributed by atoms with van der Waals surface area (Å²) < 4.78 is 10.8. The number of hydrogen-bond donors (Lipinski definition) is 1. The molecule has 2 rings (SSSR count). The Morgan fingerprint density at radius 3 is 2.76 bits per heavy atom. The third kappa shape index (κ3) is 5.36. The van der Waals surface area contributed by atoms with Gasteiger partial charge in [0.25, 0.3) is 0 Å². The van der Waals surface area contributed by atoms with E-state index < -0.39 is 0 Å². The average molecular weight is 306 g/mol. The molecule has 2 aromatic rings. The van der Waals surface area contributed by atoms with E-state index in [2.05, 4.69) is 29.4 Å². The van der Waals surface area contributed by atoms with Crippen LogP contribution in [-0.2, 0) is 17.8 Å². The first-order valence-corrected chi connectivity index (χ1v) is 8.02. The van der Waals surface area contributed by atoms with E-state index >= 15 is 0 Å². The molecule has 0 radical (unpaired) electrons. The van der Waals surface area contributed by atoms with Gasteiger partial charge in [-0.2, -0.15) is 0 Å². The van der Waals surface area contributed by atoms with Crippen LogP contribution in [0.15, 0.2) is 30.5 Å². The summed E-state index contributed by atoms with van der Waals surface area (Å²) in [6.07, 6.45) is 3.90. The van der Waals surface area contributed by atoms with Gasteiger partial charge in [0, 0.05) is 19.9 Å². The second-order valence-electron chi connectivity index (χ2n) is 4.73. The lowest BCUT2D eigenvalue weighted by molar-refractivity contribution is 0.202. The molecule has 1 heterocycles. The van der Waals surface area contributed by atoms with Crippen molar-refractivity contribution in [2.24, 2.45) is 0 Å². The highest BCUT2D eigenvalue weighted by atomic mass is 32.1. The Morgan fingerprint density at radius 1 is 1.24 bits per heavy atom. The zero-order valence-electron chi connectivity index (χ0n) is 12.6. The predicted octanol–water partition coefficient (Wildman–Crippen LogP) is 3.73. The molecule has 1 aromatic carbocycles. The maximum atomic E-state index is 5.78. The van der Waals surface area contributed by atoms with Gasteiger partial charge < -0.3 is 14.8 Å². The van der Waals surface area contributed by atoms with Gasteiger partial charge in [-0.3, -0.25) is 0 Å². The highest BCUT2D eigenvalue weighted by molar-refractivity contribution is 7.15. The minimum atomic E-state index is 0.558. The van der Waals surface area contributed by atoms with E-state index in [4.69, 9.17) is 9.47 Å². The van der Waals surface area contributed by atoms with Gasteiger partial charge in [0.2, 0.25) is 0 Å². The number of nitrogens with zero attached hydrogens (tertiary/aromatic N) is 1. The Balaban J connectivity index is 1.80. The number of nitrogens with one attached hydrogen (secondary N) is 1. The molecule has 0 aliphatic heterocycles. The van der Waals surface area contributed by atoms with E-state index in [1.54, 1.807) is 18.4 Å². The van der Waals surface area contributed by atoms with Crippen LogP contribution >= 0.6 is 11.3 Å². The van der Waals surface area contributed by atoms with Crippen LogP contribution in [0.5, 0.6) is 5.75 Å². The van der Waals surface area contributed by atoms with E-state index in [0.717, 1.165) is 41.8 Å². The Morgan fingerprint density at radius 2 is 2.05 bits per heavy atom. The van der Waals surface area contributed by atoms with Crippen molar-refractivity contribution in [1.29, 1.82) is 0 Å². The number of benzene rings is 1. The third-order valence-electron chi connectivity index (χ3n) is 2.98. The number of anilines is 1. The Bertz CT molecular complexity index is 525. The van der Waals surface area contributed by atoms with Gasteiger partial charge in [0.1, 0.15) is 12.4 Å². The predicted molar refractivity (Wildman–Crippen MR) is 87.2 cm³/mol. The second-order valence-corrected chi connectivity index (χ2v) is 5.85. The number of methoxy groups -OCH3 is 1. The minimum Gasteiger partial charge on any atom is -0.488 e. The van der Waals surface area contributed by atoms with Crippen LogP contribution in [0, 0.1) is 0 Å². The number of thiazole rings is 1. The van der Waals surface area contributed by atoms with Crippen molar-refractivity contribution < 1.29 is 9.47 Å². The highest BCUT2D eigenvalue weighted by Gasteiger charge is 2.02. The second kappa shape index (κ2) is 8.64. The molecule has 0 spiro atoms. The SMILES string of the molecule is CCCNc1ncc(COc2ccc(CCOC)cc2)s1. The lowest BCUT2D eigenvalue weighted by atomic mass is 10.1. The standard InChI is InChI=1S/C16H22N2O2S/c1-3-9-17-16-18-11-15(21-16)12-20-14-6-4-13(5-7-14)8-10-19-2/h4-7,11H,3,8-10,12H2,1-2H3,(H,17,18). The van der Waals surface area contributed by atoms with Gasteiger partial charge in [0.05, 0.1) is 11.5 Å². The lowest BCUT2D eigenvalue weighted by Gasteiger charge is -2.06. The lowest BCUT2D eigenvalue weighted by Crippen LogP contribution is -1.98. The molecule has 0 amide bonds. The third-order valence-corrected chi connectivity index (χ3v) is 3.91. The molecular formula is C16H22N2O2S. The van der Waals surface area contributed by atoms with Crippen molar-refractivity contribution in [3.63, 3.8) is 0 Å². The maximum absolute atomic E-state index is 5.78. The van der Waals surface area contributed by atoms with Crippen LogP contribution in [-0.4, -0.2) is 25.2 Å². The van der Waals surface area contributed by atoms with Crippen LogP contribution in [0.25, 0.3) is 0 Å². The molecular weight excluding hydrogens is 284 g/mol. The molecule has 0 aliphatic carbocycles. The smallest absolute Gasteiger partial charge is 0.182 e. The Labute approximate surface area is 130 Å². The van der Waals surface area contributed by atoms with Crippen molar-refractivity contribution in [1.82, 2.24) is 4.98 Å². The summed E-state index contributed by atoms with van der Waals surface area (Å²) in [5, 5.41) is 4.24. The van der Waals surface area contributed by atoms with Crippen molar-refractivity contribution in [3.05, 3.63) is 40.9 Å². The zero-order valence-corrected chi connectivity index (χ0v) is 13.4. The van der Waals surface area contributed by atoms with Gasteiger partial charge in [-0.15, -0.1) is 0 Å². The Hall–Kier alpha value is -1.59. The monoisotopic (exact) mass is 306 g/mol. The highest BCUT2D eigenvalue weighted by Crippen LogP contribution is 2.20. The molecule has 0 unspecified atom stereocenters. The molecule has 1 N–H and O–H groups in total. The average Bonchev–Trinajstić information content (AvgIpc) is 2.98. The first-order valence-electron chi connectivity index (χ1n) is 7.21. The molecule has 1 aromatic heterocycles. The first-order chi connectivity index (χ1) is 10.3. The van der Waals surface area contributed by atoms with Crippen molar-refractivity contribution in [3.8, 4) is 5.75 Å². The number of hydrogen-bond acceptors (Lipinski definition) is 5. The van der Waals surface area contributed by atoms with Gasteiger partial charge in [-0.05, 0) is 30.5 Å². The summed E-state index contributed by atoms with van der Waals surface area (Å²) in [5.41, 5.74) is 1.26. The molecule has 21 heavy (non-hydrogen) atoms. The number of rotatable bonds is 9. The van der Waals surface area contributed by atoms with Crippen molar-refractivity contribution >= 4 is 16.5 Å². The van der Waals surface area contributed by atoms with E-state index in [-0.39, 0.29) is 0 Å². The topological polar surface area (TPSA) is 43.4 Å². The minimum absolute atomic E-state index is 0.558. The van der Waals surface area contributed by atoms with Gasteiger partial charge in [-0.1, -0.05) is 30.4 Å². The largest absolute Gasteiger partial charge is 0.488 e. The molecule has 0 fully saturated rings. The molecule has 4 nitrogen and oxygen atoms in total. The van der Waals surface area contributed by atoms with E-state index in [1.807, 2.05) is 18.3 Å². The summed E-state index contributed by atoms with van der Waals surface area (Å²) in [6.45, 7) is 4.40. The van der Waals surface area contributed by atoms with Crippen LogP contribution < -0.4 is 10.1 Å². The molecule has 0 saturated heterocycles. The summed E-state index contributed by atoms with van der Waals surface area (Å²) in [6, 6.07) is 8.16. The van der Waals surface area contributed by atoms with Crippen molar-refractivity contribution in [2.45, 2.75) is 26.4 Å². The number of ether oxygens (including phenoxy) is 2. The van der Waals surface area contributed by atoms with Gasteiger partial charge >= 0.3 is 0 Å². The maximum Gasteiger partial charge on any atom is 0.182 e. The molecule has 0 bridgehead atoms. The van der Waals surface area contributed by atoms with Gasteiger partial charge in [-0.25, -0.2) is 4.98 Å².